The standard InChI is InChI=1S/C40H72O9/c1-17-31(42)48-21-28-18-19-29(41)30(20-28)49-34(46)38(13,25(2)3)23-36(9,10)26(4)39(14,32(43)44)24-37(11,12)27(5)40(15,33(45)47-16)22-35(6,7)8/h17,25-30,32,41,43-44H,1,18-24H2,2-16H3. The van der Waals surface area contributed by atoms with Gasteiger partial charge in [0.2, 0.25) is 0 Å². The van der Waals surface area contributed by atoms with Gasteiger partial charge in [-0.3, -0.25) is 9.59 Å². The average Bonchev–Trinajstić information content (AvgIpc) is 2.98. The fourth-order valence-corrected chi connectivity index (χ4v) is 8.71. The van der Waals surface area contributed by atoms with E-state index in [1.54, 1.807) is 0 Å². The van der Waals surface area contributed by atoms with Crippen LogP contribution in [0, 0.1) is 56.2 Å². The minimum absolute atomic E-state index is 0.0474. The van der Waals surface area contributed by atoms with E-state index < -0.39 is 57.5 Å². The molecule has 3 N–H and O–H groups in total. The largest absolute Gasteiger partial charge is 0.469 e. The van der Waals surface area contributed by atoms with E-state index in [0.29, 0.717) is 38.5 Å². The molecule has 0 aromatic carbocycles. The molecule has 49 heavy (non-hydrogen) atoms. The van der Waals surface area contributed by atoms with Gasteiger partial charge in [0.25, 0.3) is 0 Å². The topological polar surface area (TPSA) is 140 Å². The maximum Gasteiger partial charge on any atom is 0.330 e. The monoisotopic (exact) mass is 697 g/mol. The number of carbonyl (C=O) groups is 3. The van der Waals surface area contributed by atoms with E-state index in [1.807, 2.05) is 41.5 Å². The smallest absolute Gasteiger partial charge is 0.330 e. The highest BCUT2D eigenvalue weighted by Crippen LogP contribution is 2.57. The highest BCUT2D eigenvalue weighted by molar-refractivity contribution is 5.81. The summed E-state index contributed by atoms with van der Waals surface area (Å²) in [5.41, 5.74) is -4.04. The normalized spacial score (nSPS) is 24.2. The van der Waals surface area contributed by atoms with Crippen molar-refractivity contribution in [3.05, 3.63) is 12.7 Å². The van der Waals surface area contributed by atoms with Crippen LogP contribution in [0.3, 0.4) is 0 Å². The molecule has 1 aliphatic carbocycles. The third-order valence-corrected chi connectivity index (χ3v) is 12.6. The van der Waals surface area contributed by atoms with Gasteiger partial charge in [0, 0.05) is 11.5 Å². The third-order valence-electron chi connectivity index (χ3n) is 12.6. The fourth-order valence-electron chi connectivity index (χ4n) is 8.71. The Kier molecular flexibility index (Phi) is 15.2. The molecule has 1 fully saturated rings. The number of carbonyl (C=O) groups excluding carboxylic acids is 3. The molecule has 0 bridgehead atoms. The van der Waals surface area contributed by atoms with Crippen LogP contribution < -0.4 is 0 Å². The molecule has 8 unspecified atom stereocenters. The molecule has 1 rings (SSSR count). The Bertz CT molecular complexity index is 1140. The van der Waals surface area contributed by atoms with Crippen molar-refractivity contribution in [2.24, 2.45) is 56.2 Å². The van der Waals surface area contributed by atoms with E-state index in [1.165, 1.54) is 7.11 Å². The SMILES string of the molecule is C=CC(=O)OCC1CCC(O)C(OC(=O)C(C)(CC(C)(C)C(C)C(C)(CC(C)(C)C(C)C(C)(CC(C)(C)C)C(=O)OC)C(O)O)C(C)C)C1. The second-order valence-corrected chi connectivity index (χ2v) is 18.9. The van der Waals surface area contributed by atoms with E-state index in [-0.39, 0.29) is 41.7 Å². The van der Waals surface area contributed by atoms with Crippen molar-refractivity contribution in [2.45, 2.75) is 154 Å². The number of esters is 3. The molecule has 0 aliphatic heterocycles. The Morgan fingerprint density at radius 3 is 1.78 bits per heavy atom. The quantitative estimate of drug-likeness (QED) is 0.0611. The molecule has 0 aromatic rings. The van der Waals surface area contributed by atoms with E-state index >= 15 is 0 Å². The van der Waals surface area contributed by atoms with Crippen molar-refractivity contribution in [3.8, 4) is 0 Å². The second kappa shape index (κ2) is 16.6. The number of hydrogen-bond donors (Lipinski definition) is 3. The summed E-state index contributed by atoms with van der Waals surface area (Å²) in [7, 11) is 1.42. The van der Waals surface area contributed by atoms with E-state index in [9.17, 15) is 29.7 Å². The summed E-state index contributed by atoms with van der Waals surface area (Å²) in [5, 5.41) is 33.0. The summed E-state index contributed by atoms with van der Waals surface area (Å²) >= 11 is 0. The van der Waals surface area contributed by atoms with Gasteiger partial charge in [0.15, 0.2) is 6.29 Å². The minimum atomic E-state index is -1.66. The van der Waals surface area contributed by atoms with Crippen LogP contribution in [0.4, 0.5) is 0 Å². The van der Waals surface area contributed by atoms with Crippen LogP contribution in [-0.4, -0.2) is 65.4 Å². The maximum absolute atomic E-state index is 14.1. The molecule has 1 aliphatic rings. The van der Waals surface area contributed by atoms with Gasteiger partial charge in [0.1, 0.15) is 6.10 Å². The summed E-state index contributed by atoms with van der Waals surface area (Å²) in [5.74, 6) is -1.85. The molecule has 8 atom stereocenters. The van der Waals surface area contributed by atoms with Crippen LogP contribution in [0.1, 0.15) is 135 Å². The first kappa shape index (κ1) is 45.1. The van der Waals surface area contributed by atoms with Crippen molar-refractivity contribution in [1.82, 2.24) is 0 Å². The number of rotatable bonds is 17. The molecule has 0 saturated heterocycles. The lowest BCUT2D eigenvalue weighted by Gasteiger charge is -2.53. The van der Waals surface area contributed by atoms with Crippen LogP contribution in [-0.2, 0) is 28.6 Å². The van der Waals surface area contributed by atoms with Crippen LogP contribution in [0.5, 0.6) is 0 Å². The fraction of sp³-hybridized carbons (Fsp3) is 0.875. The van der Waals surface area contributed by atoms with Gasteiger partial charge in [-0.1, -0.05) is 89.7 Å². The predicted molar refractivity (Wildman–Crippen MR) is 193 cm³/mol. The molecule has 1 saturated carbocycles. The van der Waals surface area contributed by atoms with Crippen LogP contribution >= 0.6 is 0 Å². The number of methoxy groups -OCH3 is 1. The van der Waals surface area contributed by atoms with E-state index in [4.69, 9.17) is 14.2 Å². The van der Waals surface area contributed by atoms with E-state index in [0.717, 1.165) is 6.08 Å². The summed E-state index contributed by atoms with van der Waals surface area (Å²) in [6, 6.07) is 0. The Hall–Kier alpha value is -1.97. The molecule has 9 heteroatoms. The van der Waals surface area contributed by atoms with E-state index in [2.05, 4.69) is 62.0 Å². The molecule has 0 heterocycles. The average molecular weight is 697 g/mol. The molecular formula is C40H72O9. The molecular weight excluding hydrogens is 624 g/mol. The summed E-state index contributed by atoms with van der Waals surface area (Å²) < 4.78 is 16.6. The second-order valence-electron chi connectivity index (χ2n) is 18.9. The van der Waals surface area contributed by atoms with Gasteiger partial charge >= 0.3 is 17.9 Å². The molecule has 0 aromatic heterocycles. The molecule has 0 radical (unpaired) electrons. The van der Waals surface area contributed by atoms with Crippen molar-refractivity contribution in [2.75, 3.05) is 13.7 Å². The van der Waals surface area contributed by atoms with Gasteiger partial charge < -0.3 is 29.5 Å². The first-order valence-electron chi connectivity index (χ1n) is 18.2. The highest BCUT2D eigenvalue weighted by atomic mass is 16.6. The Morgan fingerprint density at radius 2 is 1.33 bits per heavy atom. The number of aliphatic hydroxyl groups excluding tert-OH is 2. The lowest BCUT2D eigenvalue weighted by molar-refractivity contribution is -0.195. The molecule has 9 nitrogen and oxygen atoms in total. The lowest BCUT2D eigenvalue weighted by Crippen LogP contribution is -2.52. The Balaban J connectivity index is 3.39. The minimum Gasteiger partial charge on any atom is -0.469 e. The summed E-state index contributed by atoms with van der Waals surface area (Å²) in [6.07, 6.45) is 0.759. The Labute approximate surface area is 297 Å². The summed E-state index contributed by atoms with van der Waals surface area (Å²) in [6.45, 7) is 31.9. The van der Waals surface area contributed by atoms with Gasteiger partial charge in [-0.15, -0.1) is 0 Å². The first-order chi connectivity index (χ1) is 22.0. The molecule has 286 valence electrons. The first-order valence-corrected chi connectivity index (χ1v) is 18.2. The predicted octanol–water partition coefficient (Wildman–Crippen LogP) is 7.49. The van der Waals surface area contributed by atoms with Gasteiger partial charge in [0.05, 0.1) is 30.7 Å². The van der Waals surface area contributed by atoms with Gasteiger partial charge in [-0.2, -0.15) is 0 Å². The third kappa shape index (κ3) is 11.0. The zero-order chi connectivity index (χ0) is 38.6. The molecule has 0 spiro atoms. The van der Waals surface area contributed by atoms with Crippen LogP contribution in [0.15, 0.2) is 12.7 Å². The van der Waals surface area contributed by atoms with Gasteiger partial charge in [-0.05, 0) is 92.3 Å². The number of ether oxygens (including phenoxy) is 3. The van der Waals surface area contributed by atoms with Crippen molar-refractivity contribution < 1.29 is 43.9 Å². The molecule has 0 amide bonds. The van der Waals surface area contributed by atoms with Crippen LogP contribution in [0.25, 0.3) is 0 Å². The van der Waals surface area contributed by atoms with Gasteiger partial charge in [-0.25, -0.2) is 4.79 Å². The lowest BCUT2D eigenvalue weighted by atomic mass is 9.52. The van der Waals surface area contributed by atoms with Crippen molar-refractivity contribution >= 4 is 17.9 Å². The summed E-state index contributed by atoms with van der Waals surface area (Å²) in [4.78, 5) is 39.0. The number of hydrogen-bond acceptors (Lipinski definition) is 9. The highest BCUT2D eigenvalue weighted by Gasteiger charge is 2.55. The maximum atomic E-state index is 14.1. The number of aliphatic hydroxyl groups is 3. The van der Waals surface area contributed by atoms with Crippen molar-refractivity contribution in [3.63, 3.8) is 0 Å². The Morgan fingerprint density at radius 1 is 0.796 bits per heavy atom. The van der Waals surface area contributed by atoms with Crippen molar-refractivity contribution in [1.29, 1.82) is 0 Å². The van der Waals surface area contributed by atoms with Crippen LogP contribution in [0.2, 0.25) is 0 Å². The zero-order valence-electron chi connectivity index (χ0n) is 33.6. The zero-order valence-corrected chi connectivity index (χ0v) is 33.6.